The van der Waals surface area contributed by atoms with Crippen molar-refractivity contribution in [3.05, 3.63) is 58.2 Å². The van der Waals surface area contributed by atoms with Gasteiger partial charge in [-0.25, -0.2) is 0 Å². The zero-order valence-electron chi connectivity index (χ0n) is 10.5. The lowest BCUT2D eigenvalue weighted by molar-refractivity contribution is -0.563. The molecule has 1 aromatic carbocycles. The summed E-state index contributed by atoms with van der Waals surface area (Å²) < 4.78 is 0. The minimum atomic E-state index is -1.45. The van der Waals surface area contributed by atoms with Gasteiger partial charge < -0.3 is 0 Å². The third-order valence-electron chi connectivity index (χ3n) is 4.41. The van der Waals surface area contributed by atoms with Gasteiger partial charge in [-0.3, -0.25) is 14.9 Å². The Morgan fingerprint density at radius 1 is 1.21 bits per heavy atom. The van der Waals surface area contributed by atoms with E-state index >= 15 is 0 Å². The standard InChI is InChI=1S/C15H15NO3/c17-14(12-4-2-1-3-5-12)15(16(18)19)10-11-6-8-13(15)9-7-11/h1-6,8,11,13H,7,9-10H2/t11-,13+,15-/m1/s1. The summed E-state index contributed by atoms with van der Waals surface area (Å²) in [6.45, 7) is 0. The third kappa shape index (κ3) is 1.70. The van der Waals surface area contributed by atoms with E-state index in [1.807, 2.05) is 18.2 Å². The van der Waals surface area contributed by atoms with Crippen LogP contribution >= 0.6 is 0 Å². The van der Waals surface area contributed by atoms with Crippen LogP contribution in [0, 0.1) is 22.0 Å². The van der Waals surface area contributed by atoms with Crippen molar-refractivity contribution in [1.82, 2.24) is 0 Å². The van der Waals surface area contributed by atoms with Crippen LogP contribution in [0.3, 0.4) is 0 Å². The minimum Gasteiger partial charge on any atom is -0.286 e. The lowest BCUT2D eigenvalue weighted by atomic mass is 9.62. The van der Waals surface area contributed by atoms with Gasteiger partial charge in [0.2, 0.25) is 5.78 Å². The number of rotatable bonds is 3. The molecule has 98 valence electrons. The lowest BCUT2D eigenvalue weighted by Crippen LogP contribution is -2.56. The highest BCUT2D eigenvalue weighted by Gasteiger charge is 2.60. The smallest absolute Gasteiger partial charge is 0.286 e. The molecule has 1 fully saturated rings. The molecule has 0 spiro atoms. The molecule has 3 aliphatic rings. The van der Waals surface area contributed by atoms with Crippen molar-refractivity contribution in [2.24, 2.45) is 11.8 Å². The van der Waals surface area contributed by atoms with Crippen molar-refractivity contribution >= 4 is 5.78 Å². The Bertz CT molecular complexity index is 552. The number of benzene rings is 1. The second-order valence-electron chi connectivity index (χ2n) is 5.41. The number of carbonyl (C=O) groups excluding carboxylic acids is 1. The highest BCUT2D eigenvalue weighted by molar-refractivity contribution is 6.03. The quantitative estimate of drug-likeness (QED) is 0.362. The maximum atomic E-state index is 12.7. The molecule has 1 aromatic rings. The first-order valence-corrected chi connectivity index (χ1v) is 6.57. The fraction of sp³-hybridized carbons (Fsp3) is 0.400. The van der Waals surface area contributed by atoms with Crippen LogP contribution in [0.1, 0.15) is 29.6 Å². The van der Waals surface area contributed by atoms with Gasteiger partial charge in [0.1, 0.15) is 0 Å². The normalized spacial score (nSPS) is 32.2. The first-order chi connectivity index (χ1) is 9.14. The molecule has 3 atom stereocenters. The lowest BCUT2D eigenvalue weighted by Gasteiger charge is -2.40. The predicted octanol–water partition coefficient (Wildman–Crippen LogP) is 2.87. The monoisotopic (exact) mass is 257 g/mol. The van der Waals surface area contributed by atoms with Gasteiger partial charge in [-0.05, 0) is 18.8 Å². The summed E-state index contributed by atoms with van der Waals surface area (Å²) in [5, 5.41) is 11.6. The molecule has 19 heavy (non-hydrogen) atoms. The van der Waals surface area contributed by atoms with Crippen LogP contribution < -0.4 is 0 Å². The van der Waals surface area contributed by atoms with Gasteiger partial charge in [-0.1, -0.05) is 42.5 Å². The molecular weight excluding hydrogens is 242 g/mol. The van der Waals surface area contributed by atoms with Gasteiger partial charge >= 0.3 is 0 Å². The molecule has 3 aliphatic carbocycles. The summed E-state index contributed by atoms with van der Waals surface area (Å²) in [7, 11) is 0. The molecule has 2 bridgehead atoms. The summed E-state index contributed by atoms with van der Waals surface area (Å²) in [6, 6.07) is 8.64. The molecular formula is C15H15NO3. The fourth-order valence-electron chi connectivity index (χ4n) is 3.39. The zero-order chi connectivity index (χ0) is 13.5. The summed E-state index contributed by atoms with van der Waals surface area (Å²) in [5.74, 6) is -0.430. The molecule has 0 aromatic heterocycles. The fourth-order valence-corrected chi connectivity index (χ4v) is 3.39. The van der Waals surface area contributed by atoms with E-state index in [9.17, 15) is 14.9 Å². The molecule has 1 saturated carbocycles. The molecule has 0 saturated heterocycles. The van der Waals surface area contributed by atoms with E-state index in [4.69, 9.17) is 0 Å². The van der Waals surface area contributed by atoms with Crippen molar-refractivity contribution < 1.29 is 9.72 Å². The predicted molar refractivity (Wildman–Crippen MR) is 70.5 cm³/mol. The summed E-state index contributed by atoms with van der Waals surface area (Å²) in [5.41, 5.74) is -1.00. The van der Waals surface area contributed by atoms with Gasteiger partial charge in [0.05, 0.1) is 5.92 Å². The first kappa shape index (κ1) is 12.1. The Morgan fingerprint density at radius 2 is 1.95 bits per heavy atom. The van der Waals surface area contributed by atoms with Crippen molar-refractivity contribution in [1.29, 1.82) is 0 Å². The van der Waals surface area contributed by atoms with Crippen molar-refractivity contribution in [2.75, 3.05) is 0 Å². The zero-order valence-corrected chi connectivity index (χ0v) is 10.5. The van der Waals surface area contributed by atoms with Gasteiger partial charge in [0.25, 0.3) is 5.54 Å². The average molecular weight is 257 g/mol. The van der Waals surface area contributed by atoms with Crippen LogP contribution in [0.15, 0.2) is 42.5 Å². The minimum absolute atomic E-state index is 0.170. The Hall–Kier alpha value is -1.97. The Kier molecular flexibility index (Phi) is 2.73. The van der Waals surface area contributed by atoms with Crippen molar-refractivity contribution in [2.45, 2.75) is 24.8 Å². The molecule has 4 nitrogen and oxygen atoms in total. The van der Waals surface area contributed by atoms with Gasteiger partial charge in [0, 0.05) is 16.9 Å². The first-order valence-electron chi connectivity index (χ1n) is 6.57. The average Bonchev–Trinajstić information content (AvgIpc) is 2.48. The Labute approximate surface area is 111 Å². The van der Waals surface area contributed by atoms with Crippen LogP contribution in [0.25, 0.3) is 0 Å². The van der Waals surface area contributed by atoms with Gasteiger partial charge in [0.15, 0.2) is 0 Å². The number of nitrogens with zero attached hydrogens (tertiary/aromatic N) is 1. The number of fused-ring (bicyclic) bond motifs is 2. The number of allylic oxidation sites excluding steroid dienone is 1. The SMILES string of the molecule is O=C(c1ccccc1)[C@@]1([N+](=O)[O-])C[C@@H]2C=C[C@H]1CC2. The molecule has 0 N–H and O–H groups in total. The number of carbonyl (C=O) groups is 1. The maximum absolute atomic E-state index is 12.7. The number of ketones is 1. The van der Waals surface area contributed by atoms with Crippen LogP contribution in [-0.2, 0) is 0 Å². The highest BCUT2D eigenvalue weighted by atomic mass is 16.6. The second-order valence-corrected chi connectivity index (χ2v) is 5.41. The van der Waals surface area contributed by atoms with E-state index in [-0.39, 0.29) is 22.5 Å². The summed E-state index contributed by atoms with van der Waals surface area (Å²) in [6.07, 6.45) is 5.95. The highest BCUT2D eigenvalue weighted by Crippen LogP contribution is 2.46. The van der Waals surface area contributed by atoms with Crippen molar-refractivity contribution in [3.8, 4) is 0 Å². The molecule has 4 rings (SSSR count). The van der Waals surface area contributed by atoms with Crippen LogP contribution in [0.4, 0.5) is 0 Å². The topological polar surface area (TPSA) is 60.2 Å². The molecule has 0 radical (unpaired) electrons. The number of Topliss-reactive ketones (excluding diaryl/α,β-unsaturated/α-hetero) is 1. The molecule has 0 unspecified atom stereocenters. The van der Waals surface area contributed by atoms with Crippen LogP contribution in [0.2, 0.25) is 0 Å². The maximum Gasteiger partial charge on any atom is 0.290 e. The van der Waals surface area contributed by atoms with E-state index in [0.717, 1.165) is 12.8 Å². The van der Waals surface area contributed by atoms with Crippen LogP contribution in [0.5, 0.6) is 0 Å². The van der Waals surface area contributed by atoms with E-state index in [2.05, 4.69) is 0 Å². The Morgan fingerprint density at radius 3 is 2.42 bits per heavy atom. The van der Waals surface area contributed by atoms with E-state index < -0.39 is 5.54 Å². The summed E-state index contributed by atoms with van der Waals surface area (Å²) >= 11 is 0. The number of nitro groups is 1. The van der Waals surface area contributed by atoms with E-state index in [1.54, 1.807) is 24.3 Å². The van der Waals surface area contributed by atoms with Crippen LogP contribution in [-0.4, -0.2) is 16.2 Å². The molecule has 0 aliphatic heterocycles. The molecule has 0 heterocycles. The second kappa shape index (κ2) is 4.30. The number of hydrogen-bond donors (Lipinski definition) is 0. The third-order valence-corrected chi connectivity index (χ3v) is 4.41. The van der Waals surface area contributed by atoms with E-state index in [0.29, 0.717) is 12.0 Å². The molecule has 4 heteroatoms. The summed E-state index contributed by atoms with van der Waals surface area (Å²) in [4.78, 5) is 24.0. The van der Waals surface area contributed by atoms with Gasteiger partial charge in [-0.2, -0.15) is 0 Å². The largest absolute Gasteiger partial charge is 0.290 e. The van der Waals surface area contributed by atoms with E-state index in [1.165, 1.54) is 0 Å². The Balaban J connectivity index is 2.06. The van der Waals surface area contributed by atoms with Gasteiger partial charge in [-0.15, -0.1) is 0 Å². The molecule has 0 amide bonds. The number of hydrogen-bond acceptors (Lipinski definition) is 3. The van der Waals surface area contributed by atoms with Crippen molar-refractivity contribution in [3.63, 3.8) is 0 Å².